The predicted octanol–water partition coefficient (Wildman–Crippen LogP) is 3.73. The number of hydrogen-bond acceptors (Lipinski definition) is 3. The highest BCUT2D eigenvalue weighted by Crippen LogP contribution is 2.32. The highest BCUT2D eigenvalue weighted by atomic mass is 19.4. The fourth-order valence-corrected chi connectivity index (χ4v) is 3.13. The highest BCUT2D eigenvalue weighted by molar-refractivity contribution is 5.94. The average molecular weight is 377 g/mol. The van der Waals surface area contributed by atoms with Gasteiger partial charge in [0.2, 0.25) is 0 Å². The topological polar surface area (TPSA) is 26.8 Å². The SMILES string of the molecule is CN(C)c1ccc(C(=O)N2CCN(c3cccc(C(F)(F)F)c3)CC2)cc1. The van der Waals surface area contributed by atoms with Gasteiger partial charge in [0.05, 0.1) is 5.56 Å². The molecule has 1 heterocycles. The fraction of sp³-hybridized carbons (Fsp3) is 0.350. The van der Waals surface area contributed by atoms with Crippen LogP contribution in [0, 0.1) is 0 Å². The minimum atomic E-state index is -4.35. The van der Waals surface area contributed by atoms with Gasteiger partial charge in [0.15, 0.2) is 0 Å². The van der Waals surface area contributed by atoms with Crippen molar-refractivity contribution in [2.75, 3.05) is 50.1 Å². The Balaban J connectivity index is 1.64. The molecule has 27 heavy (non-hydrogen) atoms. The van der Waals surface area contributed by atoms with Crippen LogP contribution < -0.4 is 9.80 Å². The summed E-state index contributed by atoms with van der Waals surface area (Å²) in [6, 6.07) is 12.7. The third kappa shape index (κ3) is 4.35. The molecule has 0 aromatic heterocycles. The molecule has 1 fully saturated rings. The molecule has 7 heteroatoms. The minimum absolute atomic E-state index is 0.0519. The van der Waals surface area contributed by atoms with E-state index in [0.717, 1.165) is 17.8 Å². The van der Waals surface area contributed by atoms with Gasteiger partial charge >= 0.3 is 6.18 Å². The molecule has 1 amide bonds. The summed E-state index contributed by atoms with van der Waals surface area (Å²) in [5.74, 6) is -0.0519. The smallest absolute Gasteiger partial charge is 0.378 e. The number of alkyl halides is 3. The van der Waals surface area contributed by atoms with Crippen LogP contribution in [0.1, 0.15) is 15.9 Å². The van der Waals surface area contributed by atoms with Crippen LogP contribution in [0.2, 0.25) is 0 Å². The van der Waals surface area contributed by atoms with Gasteiger partial charge in [-0.2, -0.15) is 13.2 Å². The van der Waals surface area contributed by atoms with Crippen LogP contribution in [0.4, 0.5) is 24.5 Å². The van der Waals surface area contributed by atoms with Crippen molar-refractivity contribution < 1.29 is 18.0 Å². The quantitative estimate of drug-likeness (QED) is 0.816. The van der Waals surface area contributed by atoms with E-state index in [1.807, 2.05) is 36.0 Å². The molecule has 144 valence electrons. The van der Waals surface area contributed by atoms with Gasteiger partial charge in [0, 0.05) is 57.2 Å². The van der Waals surface area contributed by atoms with Crippen LogP contribution in [-0.4, -0.2) is 51.1 Å². The first kappa shape index (κ1) is 19.1. The zero-order chi connectivity index (χ0) is 19.6. The van der Waals surface area contributed by atoms with Crippen LogP contribution in [0.5, 0.6) is 0 Å². The Labute approximate surface area is 156 Å². The van der Waals surface area contributed by atoms with E-state index in [1.54, 1.807) is 23.1 Å². The van der Waals surface area contributed by atoms with Crippen molar-refractivity contribution in [2.45, 2.75) is 6.18 Å². The monoisotopic (exact) mass is 377 g/mol. The lowest BCUT2D eigenvalue weighted by molar-refractivity contribution is -0.137. The van der Waals surface area contributed by atoms with E-state index in [1.165, 1.54) is 6.07 Å². The Hall–Kier alpha value is -2.70. The Morgan fingerprint density at radius 2 is 1.59 bits per heavy atom. The van der Waals surface area contributed by atoms with E-state index in [0.29, 0.717) is 37.4 Å². The fourth-order valence-electron chi connectivity index (χ4n) is 3.13. The van der Waals surface area contributed by atoms with Gasteiger partial charge in [0.1, 0.15) is 0 Å². The molecule has 0 unspecified atom stereocenters. The van der Waals surface area contributed by atoms with Crippen molar-refractivity contribution in [2.24, 2.45) is 0 Å². The summed E-state index contributed by atoms with van der Waals surface area (Å²) in [5, 5.41) is 0. The Morgan fingerprint density at radius 1 is 0.963 bits per heavy atom. The summed E-state index contributed by atoms with van der Waals surface area (Å²) < 4.78 is 38.7. The number of piperazine rings is 1. The van der Waals surface area contributed by atoms with Gasteiger partial charge in [0.25, 0.3) is 5.91 Å². The largest absolute Gasteiger partial charge is 0.416 e. The number of hydrogen-bond donors (Lipinski definition) is 0. The van der Waals surface area contributed by atoms with E-state index in [2.05, 4.69) is 0 Å². The third-order valence-corrected chi connectivity index (χ3v) is 4.74. The molecule has 2 aromatic carbocycles. The van der Waals surface area contributed by atoms with Crippen LogP contribution in [0.25, 0.3) is 0 Å². The van der Waals surface area contributed by atoms with Gasteiger partial charge in [-0.1, -0.05) is 6.07 Å². The zero-order valence-corrected chi connectivity index (χ0v) is 15.3. The molecular formula is C20H22F3N3O. The Kier molecular flexibility index (Phi) is 5.30. The second kappa shape index (κ2) is 7.50. The van der Waals surface area contributed by atoms with Crippen molar-refractivity contribution in [3.63, 3.8) is 0 Å². The molecule has 0 atom stereocenters. The summed E-state index contributed by atoms with van der Waals surface area (Å²) in [7, 11) is 3.87. The number of anilines is 2. The molecule has 0 radical (unpaired) electrons. The van der Waals surface area contributed by atoms with Crippen LogP contribution in [0.15, 0.2) is 48.5 Å². The molecule has 1 aliphatic rings. The Bertz CT molecular complexity index is 795. The van der Waals surface area contributed by atoms with Crippen molar-refractivity contribution in [3.8, 4) is 0 Å². The number of halogens is 3. The van der Waals surface area contributed by atoms with Gasteiger partial charge < -0.3 is 14.7 Å². The van der Waals surface area contributed by atoms with E-state index in [-0.39, 0.29) is 5.91 Å². The maximum absolute atomic E-state index is 12.9. The number of carbonyl (C=O) groups excluding carboxylic acids is 1. The summed E-state index contributed by atoms with van der Waals surface area (Å²) in [4.78, 5) is 18.2. The maximum Gasteiger partial charge on any atom is 0.416 e. The molecule has 3 rings (SSSR count). The zero-order valence-electron chi connectivity index (χ0n) is 15.3. The van der Waals surface area contributed by atoms with Crippen molar-refractivity contribution >= 4 is 17.3 Å². The molecule has 1 saturated heterocycles. The van der Waals surface area contributed by atoms with Crippen LogP contribution in [-0.2, 0) is 6.18 Å². The van der Waals surface area contributed by atoms with Crippen molar-refractivity contribution in [1.82, 2.24) is 4.90 Å². The van der Waals surface area contributed by atoms with Gasteiger partial charge in [-0.25, -0.2) is 0 Å². The standard InChI is InChI=1S/C20H22F3N3O/c1-24(2)17-8-6-15(7-9-17)19(27)26-12-10-25(11-13-26)18-5-3-4-16(14-18)20(21,22)23/h3-9,14H,10-13H2,1-2H3. The number of carbonyl (C=O) groups is 1. The van der Waals surface area contributed by atoms with Crippen LogP contribution >= 0.6 is 0 Å². The molecular weight excluding hydrogens is 355 g/mol. The summed E-state index contributed by atoms with van der Waals surface area (Å²) in [6.07, 6.45) is -4.35. The number of benzene rings is 2. The van der Waals surface area contributed by atoms with E-state index >= 15 is 0 Å². The lowest BCUT2D eigenvalue weighted by atomic mass is 10.1. The van der Waals surface area contributed by atoms with E-state index in [9.17, 15) is 18.0 Å². The van der Waals surface area contributed by atoms with Crippen LogP contribution in [0.3, 0.4) is 0 Å². The summed E-state index contributed by atoms with van der Waals surface area (Å²) in [5.41, 5.74) is 1.51. The molecule has 0 spiro atoms. The van der Waals surface area contributed by atoms with Gasteiger partial charge in [-0.3, -0.25) is 4.79 Å². The first-order chi connectivity index (χ1) is 12.8. The number of rotatable bonds is 3. The summed E-state index contributed by atoms with van der Waals surface area (Å²) >= 11 is 0. The molecule has 1 aliphatic heterocycles. The van der Waals surface area contributed by atoms with E-state index in [4.69, 9.17) is 0 Å². The first-order valence-electron chi connectivity index (χ1n) is 8.74. The molecule has 0 aliphatic carbocycles. The highest BCUT2D eigenvalue weighted by Gasteiger charge is 2.31. The third-order valence-electron chi connectivity index (χ3n) is 4.74. The normalized spacial score (nSPS) is 15.0. The van der Waals surface area contributed by atoms with Gasteiger partial charge in [-0.05, 0) is 42.5 Å². The maximum atomic E-state index is 12.9. The summed E-state index contributed by atoms with van der Waals surface area (Å²) in [6.45, 7) is 1.96. The first-order valence-corrected chi connectivity index (χ1v) is 8.74. The molecule has 0 saturated carbocycles. The molecule has 0 bridgehead atoms. The van der Waals surface area contributed by atoms with E-state index < -0.39 is 11.7 Å². The minimum Gasteiger partial charge on any atom is -0.378 e. The second-order valence-electron chi connectivity index (χ2n) is 6.77. The lowest BCUT2D eigenvalue weighted by Crippen LogP contribution is -2.48. The lowest BCUT2D eigenvalue weighted by Gasteiger charge is -2.36. The molecule has 0 N–H and O–H groups in total. The average Bonchev–Trinajstić information content (AvgIpc) is 2.67. The Morgan fingerprint density at radius 3 is 2.15 bits per heavy atom. The second-order valence-corrected chi connectivity index (χ2v) is 6.77. The predicted molar refractivity (Wildman–Crippen MR) is 100 cm³/mol. The molecule has 2 aromatic rings. The number of nitrogens with zero attached hydrogens (tertiary/aromatic N) is 3. The van der Waals surface area contributed by atoms with Crippen molar-refractivity contribution in [1.29, 1.82) is 0 Å². The molecule has 4 nitrogen and oxygen atoms in total. The van der Waals surface area contributed by atoms with Crippen molar-refractivity contribution in [3.05, 3.63) is 59.7 Å². The van der Waals surface area contributed by atoms with Gasteiger partial charge in [-0.15, -0.1) is 0 Å². The number of amides is 1.